The molecule has 1 aliphatic rings. The second-order valence-corrected chi connectivity index (χ2v) is 4.72. The summed E-state index contributed by atoms with van der Waals surface area (Å²) in [5, 5.41) is 3.43. The normalized spacial score (nSPS) is 20.7. The van der Waals surface area contributed by atoms with E-state index in [0.717, 1.165) is 13.1 Å². The van der Waals surface area contributed by atoms with Crippen LogP contribution < -0.4 is 5.32 Å². The SMILES string of the molecule is CN(COCc1ccccc1)C1CCCNC1. The predicted octanol–water partition coefficient (Wildman–Crippen LogP) is 1.84. The van der Waals surface area contributed by atoms with Crippen LogP contribution in [0.25, 0.3) is 0 Å². The highest BCUT2D eigenvalue weighted by molar-refractivity contribution is 5.13. The fourth-order valence-electron chi connectivity index (χ4n) is 2.20. The van der Waals surface area contributed by atoms with Crippen LogP contribution in [0.15, 0.2) is 30.3 Å². The van der Waals surface area contributed by atoms with E-state index in [1.54, 1.807) is 0 Å². The fourth-order valence-corrected chi connectivity index (χ4v) is 2.20. The van der Waals surface area contributed by atoms with Crippen LogP contribution >= 0.6 is 0 Å². The van der Waals surface area contributed by atoms with Crippen LogP contribution in [0.2, 0.25) is 0 Å². The van der Waals surface area contributed by atoms with E-state index in [1.807, 2.05) is 18.2 Å². The van der Waals surface area contributed by atoms with E-state index in [9.17, 15) is 0 Å². The first-order valence-corrected chi connectivity index (χ1v) is 6.39. The zero-order valence-corrected chi connectivity index (χ0v) is 10.6. The van der Waals surface area contributed by atoms with Gasteiger partial charge in [0.25, 0.3) is 0 Å². The maximum absolute atomic E-state index is 5.73. The number of hydrogen-bond acceptors (Lipinski definition) is 3. The van der Waals surface area contributed by atoms with Crippen LogP contribution in [0.5, 0.6) is 0 Å². The number of hydrogen-bond donors (Lipinski definition) is 1. The molecule has 17 heavy (non-hydrogen) atoms. The average Bonchev–Trinajstić information content (AvgIpc) is 2.41. The fraction of sp³-hybridized carbons (Fsp3) is 0.571. The average molecular weight is 234 g/mol. The molecular weight excluding hydrogens is 212 g/mol. The zero-order chi connectivity index (χ0) is 11.9. The number of rotatable bonds is 5. The maximum Gasteiger partial charge on any atom is 0.0995 e. The summed E-state index contributed by atoms with van der Waals surface area (Å²) in [7, 11) is 2.14. The number of likely N-dealkylation sites (N-methyl/N-ethyl adjacent to an activating group) is 1. The molecule has 94 valence electrons. The summed E-state index contributed by atoms with van der Waals surface area (Å²) in [6.07, 6.45) is 2.55. The van der Waals surface area contributed by atoms with Gasteiger partial charge in [0, 0.05) is 12.6 Å². The third-order valence-electron chi connectivity index (χ3n) is 3.30. The molecule has 0 amide bonds. The molecule has 0 aliphatic carbocycles. The molecule has 1 aliphatic heterocycles. The molecule has 3 nitrogen and oxygen atoms in total. The Bertz CT molecular complexity index is 309. The van der Waals surface area contributed by atoms with Crippen molar-refractivity contribution in [1.82, 2.24) is 10.2 Å². The third-order valence-corrected chi connectivity index (χ3v) is 3.30. The molecule has 1 heterocycles. The molecule has 1 fully saturated rings. The van der Waals surface area contributed by atoms with Crippen LogP contribution in [-0.2, 0) is 11.3 Å². The molecule has 2 rings (SSSR count). The van der Waals surface area contributed by atoms with Gasteiger partial charge in [-0.05, 0) is 32.0 Å². The van der Waals surface area contributed by atoms with Crippen LogP contribution in [0.4, 0.5) is 0 Å². The lowest BCUT2D eigenvalue weighted by Crippen LogP contribution is -2.44. The number of ether oxygens (including phenoxy) is 1. The van der Waals surface area contributed by atoms with Crippen LogP contribution in [0.3, 0.4) is 0 Å². The van der Waals surface area contributed by atoms with E-state index in [2.05, 4.69) is 29.4 Å². The van der Waals surface area contributed by atoms with E-state index in [1.165, 1.54) is 18.4 Å². The molecule has 0 bridgehead atoms. The lowest BCUT2D eigenvalue weighted by atomic mass is 10.1. The topological polar surface area (TPSA) is 24.5 Å². The van der Waals surface area contributed by atoms with Crippen molar-refractivity contribution in [2.24, 2.45) is 0 Å². The van der Waals surface area contributed by atoms with E-state index in [-0.39, 0.29) is 0 Å². The Labute approximate surface area is 104 Å². The first-order valence-electron chi connectivity index (χ1n) is 6.39. The number of nitrogens with one attached hydrogen (secondary N) is 1. The van der Waals surface area contributed by atoms with E-state index < -0.39 is 0 Å². The van der Waals surface area contributed by atoms with Crippen LogP contribution in [0.1, 0.15) is 18.4 Å². The molecule has 3 heteroatoms. The van der Waals surface area contributed by atoms with Crippen molar-refractivity contribution >= 4 is 0 Å². The summed E-state index contributed by atoms with van der Waals surface area (Å²) < 4.78 is 5.73. The lowest BCUT2D eigenvalue weighted by Gasteiger charge is -2.31. The van der Waals surface area contributed by atoms with Gasteiger partial charge >= 0.3 is 0 Å². The summed E-state index contributed by atoms with van der Waals surface area (Å²) in [6.45, 7) is 3.66. The van der Waals surface area contributed by atoms with Crippen molar-refractivity contribution in [3.63, 3.8) is 0 Å². The highest BCUT2D eigenvalue weighted by Gasteiger charge is 2.17. The standard InChI is InChI=1S/C14H22N2O/c1-16(14-8-5-9-15-10-14)12-17-11-13-6-3-2-4-7-13/h2-4,6-7,14-15H,5,8-12H2,1H3. The summed E-state index contributed by atoms with van der Waals surface area (Å²) in [4.78, 5) is 2.30. The van der Waals surface area contributed by atoms with Crippen molar-refractivity contribution in [2.45, 2.75) is 25.5 Å². The Hall–Kier alpha value is -0.900. The Morgan fingerprint density at radius 1 is 1.35 bits per heavy atom. The predicted molar refractivity (Wildman–Crippen MR) is 69.8 cm³/mol. The molecule has 1 aromatic rings. The lowest BCUT2D eigenvalue weighted by molar-refractivity contribution is 0.00619. The van der Waals surface area contributed by atoms with Crippen molar-refractivity contribution in [3.8, 4) is 0 Å². The summed E-state index contributed by atoms with van der Waals surface area (Å²) in [5.41, 5.74) is 1.24. The van der Waals surface area contributed by atoms with Crippen LogP contribution in [0, 0.1) is 0 Å². The number of nitrogens with zero attached hydrogens (tertiary/aromatic N) is 1. The molecule has 1 unspecified atom stereocenters. The van der Waals surface area contributed by atoms with E-state index >= 15 is 0 Å². The molecule has 0 saturated carbocycles. The minimum Gasteiger partial charge on any atom is -0.361 e. The van der Waals surface area contributed by atoms with Crippen molar-refractivity contribution in [2.75, 3.05) is 26.9 Å². The van der Waals surface area contributed by atoms with Gasteiger partial charge in [-0.25, -0.2) is 0 Å². The Morgan fingerprint density at radius 3 is 2.88 bits per heavy atom. The molecule has 1 aromatic carbocycles. The van der Waals surface area contributed by atoms with Gasteiger partial charge in [0.05, 0.1) is 13.3 Å². The smallest absolute Gasteiger partial charge is 0.0995 e. The quantitative estimate of drug-likeness (QED) is 0.787. The Kier molecular flexibility index (Phi) is 4.98. The zero-order valence-electron chi connectivity index (χ0n) is 10.6. The minimum atomic E-state index is 0.625. The van der Waals surface area contributed by atoms with Gasteiger partial charge in [-0.1, -0.05) is 30.3 Å². The first kappa shape index (κ1) is 12.6. The van der Waals surface area contributed by atoms with Gasteiger partial charge in [0.2, 0.25) is 0 Å². The molecule has 0 aromatic heterocycles. The molecule has 1 N–H and O–H groups in total. The Morgan fingerprint density at radius 2 is 2.18 bits per heavy atom. The molecular formula is C14H22N2O. The second kappa shape index (κ2) is 6.74. The summed E-state index contributed by atoms with van der Waals surface area (Å²) in [6, 6.07) is 11.0. The van der Waals surface area contributed by atoms with Gasteiger partial charge < -0.3 is 10.1 Å². The van der Waals surface area contributed by atoms with Gasteiger partial charge in [0.1, 0.15) is 0 Å². The van der Waals surface area contributed by atoms with Crippen molar-refractivity contribution in [1.29, 1.82) is 0 Å². The van der Waals surface area contributed by atoms with Gasteiger partial charge in [-0.15, -0.1) is 0 Å². The highest BCUT2D eigenvalue weighted by atomic mass is 16.5. The first-order chi connectivity index (χ1) is 8.36. The van der Waals surface area contributed by atoms with Gasteiger partial charge in [0.15, 0.2) is 0 Å². The summed E-state index contributed by atoms with van der Waals surface area (Å²) in [5.74, 6) is 0. The maximum atomic E-state index is 5.73. The van der Waals surface area contributed by atoms with Crippen molar-refractivity contribution < 1.29 is 4.74 Å². The van der Waals surface area contributed by atoms with Gasteiger partial charge in [-0.3, -0.25) is 4.90 Å². The van der Waals surface area contributed by atoms with Crippen LogP contribution in [-0.4, -0.2) is 37.8 Å². The number of piperidine rings is 1. The largest absolute Gasteiger partial charge is 0.361 e. The Balaban J connectivity index is 1.67. The van der Waals surface area contributed by atoms with E-state index in [4.69, 9.17) is 4.74 Å². The molecule has 1 atom stereocenters. The van der Waals surface area contributed by atoms with E-state index in [0.29, 0.717) is 19.4 Å². The monoisotopic (exact) mass is 234 g/mol. The highest BCUT2D eigenvalue weighted by Crippen LogP contribution is 2.09. The third kappa shape index (κ3) is 4.11. The summed E-state index contributed by atoms with van der Waals surface area (Å²) >= 11 is 0. The second-order valence-electron chi connectivity index (χ2n) is 4.72. The molecule has 0 spiro atoms. The number of benzene rings is 1. The van der Waals surface area contributed by atoms with Gasteiger partial charge in [-0.2, -0.15) is 0 Å². The van der Waals surface area contributed by atoms with Crippen molar-refractivity contribution in [3.05, 3.63) is 35.9 Å². The molecule has 1 saturated heterocycles. The molecule has 0 radical (unpaired) electrons. The minimum absolute atomic E-state index is 0.625.